The number of carboxylic acids is 3. The van der Waals surface area contributed by atoms with E-state index >= 15 is 0 Å². The molecule has 0 saturated carbocycles. The lowest BCUT2D eigenvalue weighted by Gasteiger charge is -2.14. The minimum Gasteiger partial charge on any atom is -0.480 e. The van der Waals surface area contributed by atoms with Crippen LogP contribution in [0, 0.1) is 0 Å². The Hall–Kier alpha value is -7.75. The zero-order valence-corrected chi connectivity index (χ0v) is 42.0. The number of hydrogen-bond donors (Lipinski definition) is 10. The molecule has 0 fully saturated rings. The molecule has 24 nitrogen and oxygen atoms in total. The standard InChI is InChI=1S/C13H17NO4.C11H14N2O4.C10H12N2O5S.C9H12N2O4S.C4H8/c1-3-11(12(15)17-2)14-13(16)18-9-10-7-5-4-6-8-10;12-6-9(10(14)15)13-11(16)17-7-8-4-2-1-3-5-8;11-9(13)6-8(10(14)15)12-18(16,17)7-4-2-1-3-5-7;10-6-8(9(12)13)11-16(14,15)7-4-2-1-3-5-7;1-4(2)3/h4-8,11H,3,9H2,1-2H3,(H,14,16);1-5,9H,6-7,12H2,(H,13,16)(H,14,15);1-5,8,12H,6H2,(H2,11,13)(H,14,15);1-5,8,11H,6,10H2,(H,12,13);1H2,2-3H3. The fraction of sp³-hybridized carbons (Fsp3) is 0.298. The lowest BCUT2D eigenvalue weighted by Crippen LogP contribution is -2.45. The van der Waals surface area contributed by atoms with Gasteiger partial charge in [0.1, 0.15) is 37.4 Å². The Morgan fingerprint density at radius 1 is 0.562 bits per heavy atom. The third-order valence-electron chi connectivity index (χ3n) is 8.38. The van der Waals surface area contributed by atoms with E-state index in [1.165, 1.54) is 49.1 Å². The maximum atomic E-state index is 11.8. The third kappa shape index (κ3) is 29.3. The number of carbonyl (C=O) groups is 7. The Kier molecular flexibility index (Phi) is 31.6. The first kappa shape index (κ1) is 65.2. The Morgan fingerprint density at radius 2 is 0.877 bits per heavy atom. The number of rotatable bonds is 21. The first-order chi connectivity index (χ1) is 34.3. The van der Waals surface area contributed by atoms with Crippen molar-refractivity contribution < 1.29 is 79.9 Å². The lowest BCUT2D eigenvalue weighted by atomic mass is 10.2. The molecule has 0 radical (unpaired) electrons. The molecule has 4 atom stereocenters. The molecule has 0 heterocycles. The van der Waals surface area contributed by atoms with Crippen molar-refractivity contribution in [1.29, 1.82) is 0 Å². The van der Waals surface area contributed by atoms with E-state index in [0.29, 0.717) is 6.42 Å². The number of carbonyl (C=O) groups excluding carboxylic acids is 4. The summed E-state index contributed by atoms with van der Waals surface area (Å²) in [6.45, 7) is 9.05. The van der Waals surface area contributed by atoms with Crippen LogP contribution < -0.4 is 37.3 Å². The molecule has 0 aliphatic carbocycles. The van der Waals surface area contributed by atoms with Crippen LogP contribution in [0.3, 0.4) is 0 Å². The van der Waals surface area contributed by atoms with E-state index in [0.717, 1.165) is 11.1 Å². The van der Waals surface area contributed by atoms with E-state index in [9.17, 15) is 50.4 Å². The zero-order chi connectivity index (χ0) is 55.6. The molecule has 3 amide bonds. The number of alkyl carbamates (subject to hydrolysis) is 2. The number of carboxylic acid groups (broad SMARTS) is 3. The number of amides is 3. The molecule has 73 heavy (non-hydrogen) atoms. The van der Waals surface area contributed by atoms with Gasteiger partial charge in [0.25, 0.3) is 0 Å². The van der Waals surface area contributed by atoms with Crippen molar-refractivity contribution in [2.24, 2.45) is 17.2 Å². The van der Waals surface area contributed by atoms with Gasteiger partial charge < -0.3 is 57.4 Å². The molecule has 4 aromatic carbocycles. The maximum absolute atomic E-state index is 11.8. The summed E-state index contributed by atoms with van der Waals surface area (Å²) in [6.07, 6.45) is -1.59. The SMILES string of the molecule is C=C(C)C.CCC(NC(=O)OCc1ccccc1)C(=O)OC.NC(=O)CC(NS(=O)(=O)c1ccccc1)C(=O)O.NCC(NC(=O)OCc1ccccc1)C(=O)O.NCC(NS(=O)(=O)c1ccccc1)C(=O)O. The molecular formula is C47H63N7O17S2. The second kappa shape index (κ2) is 35.4. The van der Waals surface area contributed by atoms with E-state index in [4.69, 9.17) is 42.0 Å². The summed E-state index contributed by atoms with van der Waals surface area (Å²) in [6, 6.07) is 28.4. The van der Waals surface area contributed by atoms with Gasteiger partial charge in [0.2, 0.25) is 26.0 Å². The largest absolute Gasteiger partial charge is 0.480 e. The van der Waals surface area contributed by atoms with Gasteiger partial charge in [0, 0.05) is 13.1 Å². The molecule has 0 aromatic heterocycles. The molecule has 0 aliphatic rings. The van der Waals surface area contributed by atoms with E-state index < -0.39 is 92.6 Å². The van der Waals surface area contributed by atoms with E-state index in [1.807, 2.05) is 71.8 Å². The van der Waals surface area contributed by atoms with Crippen LogP contribution in [0.4, 0.5) is 9.59 Å². The smallest absolute Gasteiger partial charge is 0.408 e. The minimum atomic E-state index is -3.99. The number of allylic oxidation sites excluding steroid dienone is 1. The number of nitrogens with one attached hydrogen (secondary N) is 4. The number of nitrogens with two attached hydrogens (primary N) is 3. The Balaban J connectivity index is 0.000000923. The van der Waals surface area contributed by atoms with E-state index in [1.54, 1.807) is 43.3 Å². The van der Waals surface area contributed by atoms with Gasteiger partial charge in [0.15, 0.2) is 0 Å². The van der Waals surface area contributed by atoms with Crippen molar-refractivity contribution in [3.63, 3.8) is 0 Å². The summed E-state index contributed by atoms with van der Waals surface area (Å²) in [5, 5.41) is 30.7. The summed E-state index contributed by atoms with van der Waals surface area (Å²) in [4.78, 5) is 76.6. The molecule has 400 valence electrons. The average molecular weight is 1060 g/mol. The van der Waals surface area contributed by atoms with Gasteiger partial charge in [-0.1, -0.05) is 110 Å². The molecule has 0 aliphatic heterocycles. The summed E-state index contributed by atoms with van der Waals surface area (Å²) < 4.78 is 65.3. The summed E-state index contributed by atoms with van der Waals surface area (Å²) >= 11 is 0. The van der Waals surface area contributed by atoms with Crippen molar-refractivity contribution in [1.82, 2.24) is 20.1 Å². The van der Waals surface area contributed by atoms with Crippen LogP contribution in [0.1, 0.15) is 44.7 Å². The number of aliphatic carboxylic acids is 3. The molecule has 4 rings (SSSR count). The fourth-order valence-corrected chi connectivity index (χ4v) is 7.23. The van der Waals surface area contributed by atoms with Gasteiger partial charge in [-0.05, 0) is 55.7 Å². The molecule has 4 unspecified atom stereocenters. The quantitative estimate of drug-likeness (QED) is 0.0325. The van der Waals surface area contributed by atoms with Crippen LogP contribution in [0.5, 0.6) is 0 Å². The van der Waals surface area contributed by atoms with Gasteiger partial charge in [-0.2, -0.15) is 9.44 Å². The van der Waals surface area contributed by atoms with Gasteiger partial charge >= 0.3 is 36.1 Å². The first-order valence-electron chi connectivity index (χ1n) is 21.5. The summed E-state index contributed by atoms with van der Waals surface area (Å²) in [7, 11) is -6.54. The predicted molar refractivity (Wildman–Crippen MR) is 266 cm³/mol. The van der Waals surface area contributed by atoms with Crippen molar-refractivity contribution in [3.05, 3.63) is 145 Å². The number of primary amides is 1. The van der Waals surface area contributed by atoms with Crippen molar-refractivity contribution in [2.75, 3.05) is 20.2 Å². The molecule has 4 aromatic rings. The van der Waals surface area contributed by atoms with Gasteiger partial charge in [0.05, 0.1) is 23.3 Å². The molecule has 0 saturated heterocycles. The number of benzene rings is 4. The highest BCUT2D eigenvalue weighted by atomic mass is 32.2. The number of hydrogen-bond acceptors (Lipinski definition) is 16. The highest BCUT2D eigenvalue weighted by molar-refractivity contribution is 7.89. The zero-order valence-electron chi connectivity index (χ0n) is 40.4. The second-order valence-corrected chi connectivity index (χ2v) is 18.2. The highest BCUT2D eigenvalue weighted by Crippen LogP contribution is 2.10. The van der Waals surface area contributed by atoms with Gasteiger partial charge in [-0.3, -0.25) is 14.4 Å². The van der Waals surface area contributed by atoms with Crippen LogP contribution in [-0.2, 0) is 71.4 Å². The van der Waals surface area contributed by atoms with Crippen molar-refractivity contribution >= 4 is 62.0 Å². The summed E-state index contributed by atoms with van der Waals surface area (Å²) in [5.74, 6) is -5.34. The van der Waals surface area contributed by atoms with Gasteiger partial charge in [-0.15, -0.1) is 6.58 Å². The number of sulfonamides is 2. The van der Waals surface area contributed by atoms with E-state index in [-0.39, 0.29) is 36.1 Å². The molecule has 0 spiro atoms. The van der Waals surface area contributed by atoms with Crippen molar-refractivity contribution in [2.45, 2.75) is 80.8 Å². The number of methoxy groups -OCH3 is 1. The minimum absolute atomic E-state index is 0.00898. The van der Waals surface area contributed by atoms with Crippen LogP contribution in [0.25, 0.3) is 0 Å². The molecular weight excluding hydrogens is 999 g/mol. The lowest BCUT2D eigenvalue weighted by molar-refractivity contribution is -0.143. The fourth-order valence-electron chi connectivity index (χ4n) is 4.80. The second-order valence-electron chi connectivity index (χ2n) is 14.8. The third-order valence-corrected chi connectivity index (χ3v) is 11.4. The Morgan fingerprint density at radius 3 is 1.16 bits per heavy atom. The van der Waals surface area contributed by atoms with Crippen LogP contribution >= 0.6 is 0 Å². The predicted octanol–water partition coefficient (Wildman–Crippen LogP) is 2.44. The van der Waals surface area contributed by atoms with Crippen LogP contribution in [0.15, 0.2) is 143 Å². The number of ether oxygens (including phenoxy) is 3. The van der Waals surface area contributed by atoms with Gasteiger partial charge in [-0.25, -0.2) is 36.0 Å². The van der Waals surface area contributed by atoms with E-state index in [2.05, 4.69) is 21.9 Å². The monoisotopic (exact) mass is 1060 g/mol. The van der Waals surface area contributed by atoms with Crippen LogP contribution in [0.2, 0.25) is 0 Å². The maximum Gasteiger partial charge on any atom is 0.408 e. The molecule has 0 bridgehead atoms. The Bertz CT molecular complexity index is 2560. The highest BCUT2D eigenvalue weighted by Gasteiger charge is 2.27. The first-order valence-corrected chi connectivity index (χ1v) is 24.5. The normalized spacial score (nSPS) is 12.0. The topological polar surface area (TPSA) is 402 Å². The summed E-state index contributed by atoms with van der Waals surface area (Å²) in [5.41, 5.74) is 18.1. The molecule has 13 N–H and O–H groups in total. The number of esters is 1. The molecule has 26 heteroatoms. The Labute approximate surface area is 423 Å². The van der Waals surface area contributed by atoms with Crippen LogP contribution in [-0.4, -0.2) is 118 Å². The average Bonchev–Trinajstić information content (AvgIpc) is 3.36. The van der Waals surface area contributed by atoms with Crippen molar-refractivity contribution in [3.8, 4) is 0 Å².